The zero-order valence-electron chi connectivity index (χ0n) is 14.2. The van der Waals surface area contributed by atoms with Gasteiger partial charge in [-0.2, -0.15) is 0 Å². The molecule has 3 nitrogen and oxygen atoms in total. The van der Waals surface area contributed by atoms with E-state index < -0.39 is 0 Å². The van der Waals surface area contributed by atoms with Crippen LogP contribution in [0.5, 0.6) is 0 Å². The van der Waals surface area contributed by atoms with E-state index in [0.29, 0.717) is 6.61 Å². The van der Waals surface area contributed by atoms with Crippen LogP contribution < -0.4 is 0 Å². The Balaban J connectivity index is 1.49. The number of hydrogen-bond acceptors (Lipinski definition) is 3. The Hall–Kier alpha value is -0.835. The highest BCUT2D eigenvalue weighted by Crippen LogP contribution is 2.62. The molecule has 1 saturated carbocycles. The van der Waals surface area contributed by atoms with E-state index in [9.17, 15) is 0 Å². The minimum atomic E-state index is -0.238. The van der Waals surface area contributed by atoms with Gasteiger partial charge in [0.15, 0.2) is 0 Å². The molecule has 1 aliphatic carbocycles. The summed E-state index contributed by atoms with van der Waals surface area (Å²) in [7, 11) is -0.0853. The molecule has 4 heteroatoms. The molecule has 1 heterocycles. The summed E-state index contributed by atoms with van der Waals surface area (Å²) in [6, 6.07) is 10.3. The van der Waals surface area contributed by atoms with Gasteiger partial charge in [0.1, 0.15) is 0 Å². The Morgan fingerprint density at radius 3 is 2.14 bits per heavy atom. The van der Waals surface area contributed by atoms with Crippen molar-refractivity contribution in [1.82, 2.24) is 0 Å². The molecular weight excluding hydrogens is 275 g/mol. The van der Waals surface area contributed by atoms with Crippen molar-refractivity contribution in [2.45, 2.75) is 70.1 Å². The molecule has 0 bridgehead atoms. The van der Waals surface area contributed by atoms with Crippen LogP contribution in [0.25, 0.3) is 0 Å². The third kappa shape index (κ3) is 3.10. The second-order valence-corrected chi connectivity index (χ2v) is 7.74. The minimum Gasteiger partial charge on any atom is -0.403 e. The molecule has 120 valence electrons. The molecule has 0 unspecified atom stereocenters. The summed E-state index contributed by atoms with van der Waals surface area (Å²) in [5, 5.41) is 0.168. The van der Waals surface area contributed by atoms with E-state index in [4.69, 9.17) is 14.0 Å². The minimum absolute atomic E-state index is 0.0853. The van der Waals surface area contributed by atoms with Gasteiger partial charge < -0.3 is 14.0 Å². The van der Waals surface area contributed by atoms with Gasteiger partial charge in [0.2, 0.25) is 0 Å². The fourth-order valence-electron chi connectivity index (χ4n) is 2.90. The fourth-order valence-corrected chi connectivity index (χ4v) is 2.90. The fraction of sp³-hybridized carbons (Fsp3) is 0.667. The van der Waals surface area contributed by atoms with Crippen LogP contribution in [0, 0.1) is 0 Å². The first-order chi connectivity index (χ1) is 10.3. The number of ether oxygens (including phenoxy) is 1. The Morgan fingerprint density at radius 1 is 1.00 bits per heavy atom. The van der Waals surface area contributed by atoms with Crippen molar-refractivity contribution in [3.63, 3.8) is 0 Å². The molecule has 0 atom stereocenters. The zero-order valence-corrected chi connectivity index (χ0v) is 14.2. The van der Waals surface area contributed by atoms with Crippen molar-refractivity contribution >= 4 is 7.12 Å². The summed E-state index contributed by atoms with van der Waals surface area (Å²) in [5.41, 5.74) is 0.749. The molecular formula is C18H27BO3. The van der Waals surface area contributed by atoms with Crippen LogP contribution in [0.15, 0.2) is 30.3 Å². The van der Waals surface area contributed by atoms with Gasteiger partial charge in [-0.3, -0.25) is 0 Å². The van der Waals surface area contributed by atoms with Crippen LogP contribution in [-0.4, -0.2) is 24.9 Å². The summed E-state index contributed by atoms with van der Waals surface area (Å²) >= 11 is 0. The van der Waals surface area contributed by atoms with Gasteiger partial charge in [0.05, 0.1) is 17.8 Å². The average molecular weight is 302 g/mol. The maximum Gasteiger partial charge on any atom is 0.464 e. The highest BCUT2D eigenvalue weighted by molar-refractivity contribution is 6.51. The lowest BCUT2D eigenvalue weighted by molar-refractivity contribution is 0.00578. The molecule has 0 amide bonds. The highest BCUT2D eigenvalue weighted by atomic mass is 16.7. The van der Waals surface area contributed by atoms with Crippen molar-refractivity contribution < 1.29 is 14.0 Å². The predicted octanol–water partition coefficient (Wildman–Crippen LogP) is 4.22. The van der Waals surface area contributed by atoms with E-state index in [1.165, 1.54) is 18.4 Å². The Kier molecular flexibility index (Phi) is 4.13. The second-order valence-electron chi connectivity index (χ2n) is 7.74. The largest absolute Gasteiger partial charge is 0.464 e. The molecule has 0 spiro atoms. The van der Waals surface area contributed by atoms with Gasteiger partial charge in [-0.05, 0) is 52.5 Å². The van der Waals surface area contributed by atoms with Gasteiger partial charge in [0, 0.05) is 11.9 Å². The predicted molar refractivity (Wildman–Crippen MR) is 88.7 cm³/mol. The summed E-state index contributed by atoms with van der Waals surface area (Å²) in [4.78, 5) is 0. The smallest absolute Gasteiger partial charge is 0.403 e. The Bertz CT molecular complexity index is 492. The van der Waals surface area contributed by atoms with Gasteiger partial charge in [-0.15, -0.1) is 0 Å². The summed E-state index contributed by atoms with van der Waals surface area (Å²) in [5.74, 6) is 0. The van der Waals surface area contributed by atoms with Crippen LogP contribution in [0.2, 0.25) is 5.31 Å². The van der Waals surface area contributed by atoms with Gasteiger partial charge in [0.25, 0.3) is 0 Å². The van der Waals surface area contributed by atoms with Crippen LogP contribution >= 0.6 is 0 Å². The number of hydrogen-bond donors (Lipinski definition) is 0. The van der Waals surface area contributed by atoms with E-state index >= 15 is 0 Å². The highest BCUT2D eigenvalue weighted by Gasteiger charge is 2.63. The first kappa shape index (κ1) is 16.0. The van der Waals surface area contributed by atoms with Crippen molar-refractivity contribution in [2.75, 3.05) is 6.61 Å². The summed E-state index contributed by atoms with van der Waals surface area (Å²) < 4.78 is 18.3. The molecule has 1 aromatic carbocycles. The zero-order chi connectivity index (χ0) is 15.8. The molecule has 2 aliphatic rings. The third-order valence-electron chi connectivity index (χ3n) is 5.50. The third-order valence-corrected chi connectivity index (χ3v) is 5.50. The van der Waals surface area contributed by atoms with Crippen molar-refractivity contribution in [3.05, 3.63) is 35.9 Å². The van der Waals surface area contributed by atoms with Gasteiger partial charge in [-0.25, -0.2) is 0 Å². The molecule has 22 heavy (non-hydrogen) atoms. The normalized spacial score (nSPS) is 24.5. The lowest BCUT2D eigenvalue weighted by Gasteiger charge is -2.32. The molecule has 0 N–H and O–H groups in total. The van der Waals surface area contributed by atoms with Crippen LogP contribution in [-0.2, 0) is 20.7 Å². The maximum absolute atomic E-state index is 6.23. The maximum atomic E-state index is 6.23. The standard InChI is InChI=1S/C18H27BO3/c1-16(2)17(3,4)22-19(21-16)18(10-11-18)12-13-20-14-15-8-6-5-7-9-15/h5-9H,10-14H2,1-4H3. The summed E-state index contributed by atoms with van der Waals surface area (Å²) in [6.45, 7) is 9.92. The summed E-state index contributed by atoms with van der Waals surface area (Å²) in [6.07, 6.45) is 3.37. The Morgan fingerprint density at radius 2 is 1.59 bits per heavy atom. The first-order valence-corrected chi connectivity index (χ1v) is 8.32. The molecule has 1 aliphatic heterocycles. The number of benzene rings is 1. The molecule has 2 fully saturated rings. The van der Waals surface area contributed by atoms with Gasteiger partial charge >= 0.3 is 7.12 Å². The lowest BCUT2D eigenvalue weighted by Crippen LogP contribution is -2.41. The lowest BCUT2D eigenvalue weighted by atomic mass is 9.66. The SMILES string of the molecule is CC1(C)OB(C2(CCOCc3ccccc3)CC2)OC1(C)C. The van der Waals surface area contributed by atoms with Crippen molar-refractivity contribution in [2.24, 2.45) is 0 Å². The van der Waals surface area contributed by atoms with Gasteiger partial charge in [-0.1, -0.05) is 30.3 Å². The monoisotopic (exact) mass is 302 g/mol. The molecule has 0 radical (unpaired) electrons. The quantitative estimate of drug-likeness (QED) is 0.581. The van der Waals surface area contributed by atoms with E-state index in [2.05, 4.69) is 39.8 Å². The topological polar surface area (TPSA) is 27.7 Å². The van der Waals surface area contributed by atoms with E-state index in [1.54, 1.807) is 0 Å². The second kappa shape index (κ2) is 5.66. The van der Waals surface area contributed by atoms with Crippen molar-refractivity contribution in [1.29, 1.82) is 0 Å². The van der Waals surface area contributed by atoms with Crippen molar-refractivity contribution in [3.8, 4) is 0 Å². The van der Waals surface area contributed by atoms with E-state index in [0.717, 1.165) is 13.0 Å². The number of rotatable bonds is 6. The Labute approximate surface area is 134 Å². The molecule has 0 aromatic heterocycles. The van der Waals surface area contributed by atoms with Crippen LogP contribution in [0.4, 0.5) is 0 Å². The first-order valence-electron chi connectivity index (χ1n) is 8.32. The van der Waals surface area contributed by atoms with Crippen LogP contribution in [0.3, 0.4) is 0 Å². The molecule has 3 rings (SSSR count). The van der Waals surface area contributed by atoms with E-state index in [-0.39, 0.29) is 23.6 Å². The van der Waals surface area contributed by atoms with Crippen LogP contribution in [0.1, 0.15) is 52.5 Å². The molecule has 1 aromatic rings. The molecule has 1 saturated heterocycles. The average Bonchev–Trinajstić information content (AvgIpc) is 3.20. The van der Waals surface area contributed by atoms with E-state index in [1.807, 2.05) is 18.2 Å².